The molecule has 2 N–H and O–H groups in total. The van der Waals surface area contributed by atoms with Crippen LogP contribution < -0.4 is 10.6 Å². The minimum absolute atomic E-state index is 0. The third-order valence-electron chi connectivity index (χ3n) is 4.45. The van der Waals surface area contributed by atoms with E-state index in [-0.39, 0.29) is 24.0 Å². The first-order chi connectivity index (χ1) is 11.1. The molecule has 5 nitrogen and oxygen atoms in total. The second-order valence-corrected chi connectivity index (χ2v) is 7.94. The Morgan fingerprint density at radius 3 is 2.83 bits per heavy atom. The van der Waals surface area contributed by atoms with Gasteiger partial charge < -0.3 is 15.2 Å². The summed E-state index contributed by atoms with van der Waals surface area (Å²) in [7, 11) is 3.87. The lowest BCUT2D eigenvalue weighted by atomic mass is 10.1. The summed E-state index contributed by atoms with van der Waals surface area (Å²) in [6.45, 7) is 3.94. The predicted molar refractivity (Wildman–Crippen MR) is 114 cm³/mol. The molecule has 3 rings (SSSR count). The smallest absolute Gasteiger partial charge is 0.191 e. The molecule has 0 saturated carbocycles. The second-order valence-electron chi connectivity index (χ2n) is 6.26. The van der Waals surface area contributed by atoms with E-state index < -0.39 is 0 Å². The van der Waals surface area contributed by atoms with E-state index in [0.29, 0.717) is 11.3 Å². The maximum atomic E-state index is 4.68. The summed E-state index contributed by atoms with van der Waals surface area (Å²) in [6, 6.07) is 8.20. The molecule has 0 amide bonds. The van der Waals surface area contributed by atoms with Crippen molar-refractivity contribution in [3.05, 3.63) is 30.1 Å². The molecule has 24 heavy (non-hydrogen) atoms. The molecule has 1 saturated heterocycles. The first-order valence-electron chi connectivity index (χ1n) is 8.10. The van der Waals surface area contributed by atoms with E-state index in [1.165, 1.54) is 18.6 Å². The highest BCUT2D eigenvalue weighted by molar-refractivity contribution is 14.0. The van der Waals surface area contributed by atoms with Gasteiger partial charge in [0.15, 0.2) is 5.96 Å². The molecule has 0 spiro atoms. The van der Waals surface area contributed by atoms with Gasteiger partial charge in [-0.1, -0.05) is 12.1 Å². The van der Waals surface area contributed by atoms with E-state index in [1.807, 2.05) is 25.2 Å². The molecule has 132 valence electrons. The molecule has 2 heterocycles. The number of thioether (sulfide) groups is 1. The number of hydrogen-bond donors (Lipinski definition) is 2. The van der Waals surface area contributed by atoms with Gasteiger partial charge in [-0.25, -0.2) is 4.98 Å². The lowest BCUT2D eigenvalue weighted by Gasteiger charge is -2.24. The highest BCUT2D eigenvalue weighted by Gasteiger charge is 2.29. The number of imidazole rings is 1. The third-order valence-corrected chi connectivity index (χ3v) is 5.99. The number of rotatable bonds is 4. The molecule has 1 fully saturated rings. The Morgan fingerprint density at radius 2 is 2.17 bits per heavy atom. The number of hydrogen-bond acceptors (Lipinski definition) is 3. The maximum Gasteiger partial charge on any atom is 0.191 e. The fourth-order valence-corrected chi connectivity index (χ4v) is 4.23. The summed E-state index contributed by atoms with van der Waals surface area (Å²) in [6.07, 6.45) is 2.58. The predicted octanol–water partition coefficient (Wildman–Crippen LogP) is 3.14. The van der Waals surface area contributed by atoms with Gasteiger partial charge in [0.25, 0.3) is 0 Å². The molecule has 0 bridgehead atoms. The first kappa shape index (κ1) is 19.4. The molecule has 1 aliphatic heterocycles. The van der Waals surface area contributed by atoms with Gasteiger partial charge in [-0.3, -0.25) is 4.99 Å². The van der Waals surface area contributed by atoms with Gasteiger partial charge in [0.1, 0.15) is 5.82 Å². The normalized spacial score (nSPS) is 20.9. The van der Waals surface area contributed by atoms with Gasteiger partial charge in [-0.05, 0) is 37.7 Å². The van der Waals surface area contributed by atoms with E-state index in [0.717, 1.165) is 29.4 Å². The topological polar surface area (TPSA) is 54.2 Å². The van der Waals surface area contributed by atoms with Crippen molar-refractivity contribution in [3.63, 3.8) is 0 Å². The number of guanidine groups is 1. The number of fused-ring (bicyclic) bond motifs is 1. The molecule has 7 heteroatoms. The van der Waals surface area contributed by atoms with Crippen LogP contribution >= 0.6 is 35.7 Å². The van der Waals surface area contributed by atoms with Crippen molar-refractivity contribution in [2.45, 2.75) is 31.1 Å². The Labute approximate surface area is 165 Å². The highest BCUT2D eigenvalue weighted by atomic mass is 127. The number of halogens is 1. The number of aryl methyl sites for hydroxylation is 1. The molecule has 1 atom stereocenters. The molecule has 0 aliphatic carbocycles. The fourth-order valence-electron chi connectivity index (χ4n) is 2.98. The molecular formula is C17H26IN5S. The fraction of sp³-hybridized carbons (Fsp3) is 0.529. The van der Waals surface area contributed by atoms with Crippen molar-refractivity contribution in [1.29, 1.82) is 0 Å². The van der Waals surface area contributed by atoms with E-state index >= 15 is 0 Å². The minimum atomic E-state index is 0. The molecule has 0 radical (unpaired) electrons. The van der Waals surface area contributed by atoms with E-state index in [2.05, 4.69) is 57.0 Å². The van der Waals surface area contributed by atoms with Crippen LogP contribution in [0.5, 0.6) is 0 Å². The van der Waals surface area contributed by atoms with Crippen LogP contribution in [0.25, 0.3) is 11.0 Å². The molecule has 1 aromatic carbocycles. The van der Waals surface area contributed by atoms with E-state index in [9.17, 15) is 0 Å². The van der Waals surface area contributed by atoms with Crippen molar-refractivity contribution in [3.8, 4) is 0 Å². The third kappa shape index (κ3) is 4.36. The molecule has 1 aliphatic rings. The minimum Gasteiger partial charge on any atom is -0.355 e. The average Bonchev–Trinajstić information content (AvgIpc) is 3.13. The van der Waals surface area contributed by atoms with Gasteiger partial charge in [0.05, 0.1) is 17.6 Å². The number of aliphatic imine (C=N–C) groups is 1. The summed E-state index contributed by atoms with van der Waals surface area (Å²) >= 11 is 2.06. The summed E-state index contributed by atoms with van der Waals surface area (Å²) in [5.74, 6) is 3.12. The van der Waals surface area contributed by atoms with Crippen LogP contribution in [0.2, 0.25) is 0 Å². The molecule has 1 unspecified atom stereocenters. The Kier molecular flexibility index (Phi) is 6.79. The first-order valence-corrected chi connectivity index (χ1v) is 9.09. The number of aromatic nitrogens is 2. The van der Waals surface area contributed by atoms with Crippen LogP contribution in [0.1, 0.15) is 25.6 Å². The summed E-state index contributed by atoms with van der Waals surface area (Å²) in [4.78, 5) is 9.01. The number of para-hydroxylation sites is 2. The SMILES string of the molecule is CN=C(NCc1nc2ccccc2n1C)NCC1(C)CCCS1.I. The number of nitrogens with one attached hydrogen (secondary N) is 2. The summed E-state index contributed by atoms with van der Waals surface area (Å²) in [5, 5.41) is 6.83. The lowest BCUT2D eigenvalue weighted by Crippen LogP contribution is -2.43. The zero-order valence-corrected chi connectivity index (χ0v) is 17.6. The van der Waals surface area contributed by atoms with E-state index in [1.54, 1.807) is 0 Å². The summed E-state index contributed by atoms with van der Waals surface area (Å²) < 4.78 is 2.46. The van der Waals surface area contributed by atoms with Crippen molar-refractivity contribution in [2.24, 2.45) is 12.0 Å². The molecule has 2 aromatic rings. The Hall–Kier alpha value is -0.960. The standard InChI is InChI=1S/C17H25N5S.HI/c1-17(9-6-10-23-17)12-20-16(18-2)19-11-15-21-13-7-4-5-8-14(13)22(15)3;/h4-5,7-8H,6,9-12H2,1-3H3,(H2,18,19,20);1H. The summed E-state index contributed by atoms with van der Waals surface area (Å²) in [5.41, 5.74) is 2.19. The molecular weight excluding hydrogens is 433 g/mol. The van der Waals surface area contributed by atoms with E-state index in [4.69, 9.17) is 0 Å². The van der Waals surface area contributed by atoms with Crippen LogP contribution in [0.4, 0.5) is 0 Å². The van der Waals surface area contributed by atoms with Crippen molar-refractivity contribution < 1.29 is 0 Å². The maximum absolute atomic E-state index is 4.68. The molecule has 1 aromatic heterocycles. The zero-order chi connectivity index (χ0) is 16.3. The Bertz CT molecular complexity index is 706. The monoisotopic (exact) mass is 459 g/mol. The van der Waals surface area contributed by atoms with Crippen LogP contribution in [-0.4, -0.2) is 39.6 Å². The average molecular weight is 459 g/mol. The van der Waals surface area contributed by atoms with Gasteiger partial charge in [0, 0.05) is 25.4 Å². The van der Waals surface area contributed by atoms with Crippen molar-refractivity contribution in [1.82, 2.24) is 20.2 Å². The van der Waals surface area contributed by atoms with Gasteiger partial charge >= 0.3 is 0 Å². The largest absolute Gasteiger partial charge is 0.355 e. The lowest BCUT2D eigenvalue weighted by molar-refractivity contribution is 0.583. The zero-order valence-electron chi connectivity index (χ0n) is 14.5. The number of nitrogens with zero attached hydrogens (tertiary/aromatic N) is 3. The Morgan fingerprint density at radius 1 is 1.38 bits per heavy atom. The Balaban J connectivity index is 0.00000208. The van der Waals surface area contributed by atoms with Crippen LogP contribution in [-0.2, 0) is 13.6 Å². The van der Waals surface area contributed by atoms with Crippen molar-refractivity contribution >= 4 is 52.7 Å². The van der Waals surface area contributed by atoms with Gasteiger partial charge in [-0.15, -0.1) is 24.0 Å². The second kappa shape index (κ2) is 8.42. The van der Waals surface area contributed by atoms with Gasteiger partial charge in [0.2, 0.25) is 0 Å². The van der Waals surface area contributed by atoms with Crippen LogP contribution in [0.15, 0.2) is 29.3 Å². The quantitative estimate of drug-likeness (QED) is 0.419. The van der Waals surface area contributed by atoms with Crippen LogP contribution in [0.3, 0.4) is 0 Å². The van der Waals surface area contributed by atoms with Crippen molar-refractivity contribution in [2.75, 3.05) is 19.3 Å². The van der Waals surface area contributed by atoms with Crippen LogP contribution in [0, 0.1) is 0 Å². The number of benzene rings is 1. The van der Waals surface area contributed by atoms with Gasteiger partial charge in [-0.2, -0.15) is 11.8 Å². The highest BCUT2D eigenvalue weighted by Crippen LogP contribution is 2.36.